The number of carboxylic acids is 1. The zero-order valence-corrected chi connectivity index (χ0v) is 9.37. The lowest BCUT2D eigenvalue weighted by Gasteiger charge is -2.05. The van der Waals surface area contributed by atoms with Gasteiger partial charge in [-0.05, 0) is 50.5 Å². The van der Waals surface area contributed by atoms with Crippen molar-refractivity contribution >= 4 is 5.97 Å². The Bertz CT molecular complexity index is 403. The van der Waals surface area contributed by atoms with E-state index in [1.165, 1.54) is 5.57 Å². The molecular weight excluding hydrogens is 188 g/mol. The van der Waals surface area contributed by atoms with E-state index in [2.05, 4.69) is 0 Å². The normalized spacial score (nSPS) is 11.5. The van der Waals surface area contributed by atoms with Crippen LogP contribution in [0.25, 0.3) is 0 Å². The third-order valence-electron chi connectivity index (χ3n) is 2.36. The molecule has 0 radical (unpaired) electrons. The van der Waals surface area contributed by atoms with Crippen LogP contribution in [0.4, 0.5) is 0 Å². The van der Waals surface area contributed by atoms with Crippen LogP contribution in [0.3, 0.4) is 0 Å². The number of allylic oxidation sites excluding steroid dienone is 2. The fourth-order valence-corrected chi connectivity index (χ4v) is 1.51. The molecule has 15 heavy (non-hydrogen) atoms. The third-order valence-corrected chi connectivity index (χ3v) is 2.36. The monoisotopic (exact) mass is 204 g/mol. The molecule has 2 nitrogen and oxygen atoms in total. The topological polar surface area (TPSA) is 37.3 Å². The first-order chi connectivity index (χ1) is 7.02. The van der Waals surface area contributed by atoms with Gasteiger partial charge in [0.2, 0.25) is 0 Å². The molecule has 2 heteroatoms. The van der Waals surface area contributed by atoms with Crippen LogP contribution < -0.4 is 0 Å². The van der Waals surface area contributed by atoms with E-state index in [-0.39, 0.29) is 0 Å². The molecule has 0 bridgehead atoms. The number of hydrogen-bond acceptors (Lipinski definition) is 1. The third kappa shape index (κ3) is 3.24. The van der Waals surface area contributed by atoms with E-state index in [4.69, 9.17) is 5.11 Å². The Morgan fingerprint density at radius 3 is 2.60 bits per heavy atom. The van der Waals surface area contributed by atoms with Gasteiger partial charge in [-0.25, -0.2) is 4.79 Å². The number of rotatable bonds is 3. The molecule has 1 rings (SSSR count). The standard InChI is InChI=1S/C13H16O2/c1-4-9(2)5-11-6-10(3)7-12(8-11)13(14)15/h4,6-8H,5H2,1-3H3,(H,14,15)/b9-4-. The van der Waals surface area contributed by atoms with Crippen molar-refractivity contribution in [2.45, 2.75) is 27.2 Å². The maximum Gasteiger partial charge on any atom is 0.335 e. The average Bonchev–Trinajstić information content (AvgIpc) is 2.16. The van der Waals surface area contributed by atoms with Gasteiger partial charge in [0.15, 0.2) is 0 Å². The first kappa shape index (κ1) is 11.5. The van der Waals surface area contributed by atoms with Crippen molar-refractivity contribution in [2.75, 3.05) is 0 Å². The Kier molecular flexibility index (Phi) is 3.67. The molecule has 0 saturated heterocycles. The van der Waals surface area contributed by atoms with E-state index in [1.54, 1.807) is 12.1 Å². The molecule has 0 spiro atoms. The highest BCUT2D eigenvalue weighted by molar-refractivity contribution is 5.88. The summed E-state index contributed by atoms with van der Waals surface area (Å²) in [5, 5.41) is 8.91. The summed E-state index contributed by atoms with van der Waals surface area (Å²) in [5.74, 6) is -0.863. The lowest BCUT2D eigenvalue weighted by atomic mass is 10.0. The fraction of sp³-hybridized carbons (Fsp3) is 0.308. The first-order valence-corrected chi connectivity index (χ1v) is 4.98. The summed E-state index contributed by atoms with van der Waals surface area (Å²) in [5.41, 5.74) is 3.67. The van der Waals surface area contributed by atoms with Crippen molar-refractivity contribution in [3.05, 3.63) is 46.5 Å². The second-order valence-electron chi connectivity index (χ2n) is 3.82. The van der Waals surface area contributed by atoms with Crippen LogP contribution in [0.1, 0.15) is 35.3 Å². The van der Waals surface area contributed by atoms with E-state index in [0.29, 0.717) is 5.56 Å². The fourth-order valence-electron chi connectivity index (χ4n) is 1.51. The van der Waals surface area contributed by atoms with Gasteiger partial charge >= 0.3 is 5.97 Å². The van der Waals surface area contributed by atoms with Crippen molar-refractivity contribution in [3.8, 4) is 0 Å². The minimum Gasteiger partial charge on any atom is -0.478 e. The maximum absolute atomic E-state index is 10.8. The van der Waals surface area contributed by atoms with Crippen LogP contribution in [0.15, 0.2) is 29.8 Å². The summed E-state index contributed by atoms with van der Waals surface area (Å²) in [7, 11) is 0. The molecule has 0 saturated carbocycles. The molecule has 0 aliphatic rings. The number of aromatic carboxylic acids is 1. The quantitative estimate of drug-likeness (QED) is 0.768. The predicted molar refractivity (Wildman–Crippen MR) is 61.3 cm³/mol. The van der Waals surface area contributed by atoms with Crippen LogP contribution in [0, 0.1) is 6.92 Å². The Balaban J connectivity index is 3.04. The molecule has 0 aliphatic heterocycles. The number of hydrogen-bond donors (Lipinski definition) is 1. The summed E-state index contributed by atoms with van der Waals surface area (Å²) in [6, 6.07) is 5.46. The number of carbonyl (C=O) groups is 1. The van der Waals surface area contributed by atoms with Crippen molar-refractivity contribution in [2.24, 2.45) is 0 Å². The molecule has 0 atom stereocenters. The van der Waals surface area contributed by atoms with E-state index >= 15 is 0 Å². The van der Waals surface area contributed by atoms with Crippen molar-refractivity contribution in [1.29, 1.82) is 0 Å². The van der Waals surface area contributed by atoms with Crippen LogP contribution in [-0.4, -0.2) is 11.1 Å². The summed E-state index contributed by atoms with van der Waals surface area (Å²) >= 11 is 0. The minimum absolute atomic E-state index is 0.369. The van der Waals surface area contributed by atoms with Gasteiger partial charge in [0.05, 0.1) is 5.56 Å². The van der Waals surface area contributed by atoms with Gasteiger partial charge in [-0.15, -0.1) is 0 Å². The average molecular weight is 204 g/mol. The number of carboxylic acid groups (broad SMARTS) is 1. The lowest BCUT2D eigenvalue weighted by molar-refractivity contribution is 0.0696. The molecule has 1 aromatic rings. The molecule has 0 aliphatic carbocycles. The predicted octanol–water partition coefficient (Wildman–Crippen LogP) is 3.20. The molecule has 0 amide bonds. The van der Waals surface area contributed by atoms with E-state index < -0.39 is 5.97 Å². The van der Waals surface area contributed by atoms with Gasteiger partial charge in [0.1, 0.15) is 0 Å². The Morgan fingerprint density at radius 2 is 2.07 bits per heavy atom. The zero-order valence-electron chi connectivity index (χ0n) is 9.37. The maximum atomic E-state index is 10.8. The molecule has 1 aromatic carbocycles. The van der Waals surface area contributed by atoms with Gasteiger partial charge in [-0.2, -0.15) is 0 Å². The molecule has 0 heterocycles. The molecule has 80 valence electrons. The molecular formula is C13H16O2. The van der Waals surface area contributed by atoms with Crippen molar-refractivity contribution in [1.82, 2.24) is 0 Å². The van der Waals surface area contributed by atoms with Crippen LogP contribution in [-0.2, 0) is 6.42 Å². The summed E-state index contributed by atoms with van der Waals surface area (Å²) < 4.78 is 0. The Hall–Kier alpha value is -1.57. The van der Waals surface area contributed by atoms with Gasteiger partial charge in [0, 0.05) is 0 Å². The smallest absolute Gasteiger partial charge is 0.335 e. The highest BCUT2D eigenvalue weighted by Crippen LogP contribution is 2.13. The SMILES string of the molecule is C/C=C(/C)Cc1cc(C)cc(C(=O)O)c1. The summed E-state index contributed by atoms with van der Waals surface area (Å²) in [6.07, 6.45) is 2.86. The van der Waals surface area contributed by atoms with Gasteiger partial charge in [-0.1, -0.05) is 17.7 Å². The van der Waals surface area contributed by atoms with Gasteiger partial charge < -0.3 is 5.11 Å². The van der Waals surface area contributed by atoms with Crippen molar-refractivity contribution < 1.29 is 9.90 Å². The van der Waals surface area contributed by atoms with Gasteiger partial charge in [-0.3, -0.25) is 0 Å². The molecule has 0 unspecified atom stereocenters. The Morgan fingerprint density at radius 1 is 1.40 bits per heavy atom. The van der Waals surface area contributed by atoms with Gasteiger partial charge in [0.25, 0.3) is 0 Å². The largest absolute Gasteiger partial charge is 0.478 e. The molecule has 0 aromatic heterocycles. The first-order valence-electron chi connectivity index (χ1n) is 4.98. The van der Waals surface area contributed by atoms with Crippen LogP contribution in [0.5, 0.6) is 0 Å². The van der Waals surface area contributed by atoms with E-state index in [1.807, 2.05) is 32.9 Å². The zero-order chi connectivity index (χ0) is 11.4. The van der Waals surface area contributed by atoms with E-state index in [0.717, 1.165) is 17.5 Å². The molecule has 0 fully saturated rings. The number of aryl methyl sites for hydroxylation is 1. The summed E-state index contributed by atoms with van der Waals surface area (Å²) in [4.78, 5) is 10.8. The lowest BCUT2D eigenvalue weighted by Crippen LogP contribution is -1.99. The highest BCUT2D eigenvalue weighted by atomic mass is 16.4. The number of benzene rings is 1. The highest BCUT2D eigenvalue weighted by Gasteiger charge is 2.05. The van der Waals surface area contributed by atoms with E-state index in [9.17, 15) is 4.79 Å². The van der Waals surface area contributed by atoms with Crippen LogP contribution >= 0.6 is 0 Å². The van der Waals surface area contributed by atoms with Crippen molar-refractivity contribution in [3.63, 3.8) is 0 Å². The van der Waals surface area contributed by atoms with Crippen LogP contribution in [0.2, 0.25) is 0 Å². The second-order valence-corrected chi connectivity index (χ2v) is 3.82. The second kappa shape index (κ2) is 4.78. The minimum atomic E-state index is -0.863. The molecule has 1 N–H and O–H groups in total. The Labute approximate surface area is 90.3 Å². The summed E-state index contributed by atoms with van der Waals surface area (Å²) in [6.45, 7) is 5.95.